The molecule has 2 aliphatic rings. The van der Waals surface area contributed by atoms with Crippen molar-refractivity contribution in [3.8, 4) is 78.6 Å². The molecule has 4 heteroatoms. The average Bonchev–Trinajstić information content (AvgIpc) is 3.51. The fourth-order valence-corrected chi connectivity index (χ4v) is 8.77. The highest BCUT2D eigenvalue weighted by Crippen LogP contribution is 2.51. The van der Waals surface area contributed by atoms with Crippen LogP contribution in [-0.4, -0.2) is 0 Å². The molecule has 12 rings (SSSR count). The van der Waals surface area contributed by atoms with Gasteiger partial charge in [-0.3, -0.25) is 0 Å². The van der Waals surface area contributed by atoms with Gasteiger partial charge in [0.25, 0.3) is 0 Å². The Morgan fingerprint density at radius 3 is 1.43 bits per heavy atom. The van der Waals surface area contributed by atoms with Crippen LogP contribution < -0.4 is 14.4 Å². The molecule has 1 aromatic heterocycles. The second kappa shape index (κ2) is 12.9. The van der Waals surface area contributed by atoms with Crippen molar-refractivity contribution < 1.29 is 13.9 Å². The van der Waals surface area contributed by atoms with E-state index in [-0.39, 0.29) is 0 Å². The number of hydrogen-bond donors (Lipinski definition) is 0. The van der Waals surface area contributed by atoms with E-state index < -0.39 is 0 Å². The molecule has 0 N–H and O–H groups in total. The summed E-state index contributed by atoms with van der Waals surface area (Å²) in [7, 11) is 0. The Balaban J connectivity index is 1.04. The van der Waals surface area contributed by atoms with Gasteiger partial charge in [-0.15, -0.1) is 0 Å². The molecular formula is C54H33NO3. The first-order valence-electron chi connectivity index (χ1n) is 19.6. The van der Waals surface area contributed by atoms with Crippen molar-refractivity contribution in [2.75, 3.05) is 4.90 Å². The third-order valence-electron chi connectivity index (χ3n) is 11.5. The quantitative estimate of drug-likeness (QED) is 0.180. The van der Waals surface area contributed by atoms with Crippen LogP contribution in [0.1, 0.15) is 0 Å². The molecule has 2 aliphatic heterocycles. The van der Waals surface area contributed by atoms with Crippen molar-refractivity contribution in [1.82, 2.24) is 0 Å². The van der Waals surface area contributed by atoms with Crippen molar-refractivity contribution >= 4 is 39.0 Å². The lowest BCUT2D eigenvalue weighted by molar-refractivity contribution is 0.487. The molecule has 0 unspecified atom stereocenters. The van der Waals surface area contributed by atoms with Gasteiger partial charge in [-0.1, -0.05) is 121 Å². The summed E-state index contributed by atoms with van der Waals surface area (Å²) >= 11 is 0. The number of nitrogens with zero attached hydrogens (tertiary/aromatic N) is 1. The second-order valence-electron chi connectivity index (χ2n) is 14.8. The topological polar surface area (TPSA) is 34.8 Å². The largest absolute Gasteiger partial charge is 0.456 e. The van der Waals surface area contributed by atoms with E-state index in [4.69, 9.17) is 13.9 Å². The minimum atomic E-state index is 0.822. The molecule has 0 bridgehead atoms. The average molecular weight is 744 g/mol. The maximum absolute atomic E-state index is 6.67. The monoisotopic (exact) mass is 743 g/mol. The molecular weight excluding hydrogens is 711 g/mol. The Morgan fingerprint density at radius 1 is 0.276 bits per heavy atom. The zero-order valence-electron chi connectivity index (χ0n) is 31.2. The number of rotatable bonds is 4. The highest BCUT2D eigenvalue weighted by Gasteiger charge is 2.25. The second-order valence-corrected chi connectivity index (χ2v) is 14.8. The molecule has 0 radical (unpaired) electrons. The zero-order chi connectivity index (χ0) is 38.2. The van der Waals surface area contributed by atoms with Gasteiger partial charge >= 0.3 is 0 Å². The number of hydrogen-bond acceptors (Lipinski definition) is 4. The lowest BCUT2D eigenvalue weighted by Crippen LogP contribution is -2.10. The highest BCUT2D eigenvalue weighted by molar-refractivity contribution is 6.06. The first kappa shape index (κ1) is 32.4. The van der Waals surface area contributed by atoms with Crippen LogP contribution in [0.2, 0.25) is 0 Å². The van der Waals surface area contributed by atoms with E-state index in [9.17, 15) is 0 Å². The molecule has 0 amide bonds. The van der Waals surface area contributed by atoms with Crippen LogP contribution in [-0.2, 0) is 0 Å². The van der Waals surface area contributed by atoms with Crippen LogP contribution >= 0.6 is 0 Å². The number of anilines is 3. The van der Waals surface area contributed by atoms with Crippen LogP contribution in [0.3, 0.4) is 0 Å². The van der Waals surface area contributed by atoms with Gasteiger partial charge in [0.1, 0.15) is 34.2 Å². The number of fused-ring (bicyclic) bond motifs is 13. The maximum atomic E-state index is 6.67. The van der Waals surface area contributed by atoms with Crippen LogP contribution in [0.25, 0.3) is 77.6 Å². The van der Waals surface area contributed by atoms with E-state index in [1.54, 1.807) is 0 Å². The predicted molar refractivity (Wildman–Crippen MR) is 236 cm³/mol. The maximum Gasteiger partial charge on any atom is 0.135 e. The molecule has 10 aromatic rings. The van der Waals surface area contributed by atoms with E-state index in [1.807, 2.05) is 42.5 Å². The van der Waals surface area contributed by atoms with Gasteiger partial charge in [0, 0.05) is 50.1 Å². The number of benzene rings is 9. The lowest BCUT2D eigenvalue weighted by Gasteiger charge is -2.28. The van der Waals surface area contributed by atoms with Gasteiger partial charge in [-0.25, -0.2) is 0 Å². The Bertz CT molecular complexity index is 3250. The van der Waals surface area contributed by atoms with Crippen LogP contribution in [0.5, 0.6) is 23.0 Å². The van der Waals surface area contributed by atoms with Gasteiger partial charge < -0.3 is 18.8 Å². The smallest absolute Gasteiger partial charge is 0.135 e. The van der Waals surface area contributed by atoms with E-state index >= 15 is 0 Å². The van der Waals surface area contributed by atoms with Gasteiger partial charge in [0.2, 0.25) is 0 Å². The van der Waals surface area contributed by atoms with Crippen molar-refractivity contribution in [1.29, 1.82) is 0 Å². The van der Waals surface area contributed by atoms with E-state index in [0.717, 1.165) is 118 Å². The van der Waals surface area contributed by atoms with Crippen molar-refractivity contribution in [2.24, 2.45) is 0 Å². The first-order chi connectivity index (χ1) is 28.7. The molecule has 272 valence electrons. The molecule has 4 nitrogen and oxygen atoms in total. The van der Waals surface area contributed by atoms with E-state index in [1.165, 1.54) is 0 Å². The van der Waals surface area contributed by atoms with Crippen molar-refractivity contribution in [3.63, 3.8) is 0 Å². The molecule has 0 atom stereocenters. The van der Waals surface area contributed by atoms with Gasteiger partial charge in [0.05, 0.1) is 0 Å². The summed E-state index contributed by atoms with van der Waals surface area (Å²) in [6, 6.07) is 70.3. The fourth-order valence-electron chi connectivity index (χ4n) is 8.77. The van der Waals surface area contributed by atoms with Gasteiger partial charge in [0.15, 0.2) is 0 Å². The van der Waals surface area contributed by atoms with Crippen molar-refractivity contribution in [3.05, 3.63) is 200 Å². The van der Waals surface area contributed by atoms with Gasteiger partial charge in [-0.2, -0.15) is 0 Å². The minimum absolute atomic E-state index is 0.822. The van der Waals surface area contributed by atoms with Crippen LogP contribution in [0, 0.1) is 0 Å². The Labute approximate surface area is 335 Å². The Morgan fingerprint density at radius 2 is 0.741 bits per heavy atom. The third-order valence-corrected chi connectivity index (χ3v) is 11.5. The van der Waals surface area contributed by atoms with Gasteiger partial charge in [-0.05, 0) is 112 Å². The molecule has 0 saturated carbocycles. The summed E-state index contributed by atoms with van der Waals surface area (Å²) in [6.45, 7) is 0. The van der Waals surface area contributed by atoms with Crippen LogP contribution in [0.4, 0.5) is 17.1 Å². The lowest BCUT2D eigenvalue weighted by atomic mass is 9.93. The molecule has 9 aromatic carbocycles. The SMILES string of the molecule is c1ccc2c(c1)Oc1ccc(N(c3ccc(-c4ccc5oc6ccccc6c5c4)cc3)c3ccc4c(c3)-c3ccccc3Oc3ccccc3-4)cc1-c1ccccc1-2. The van der Waals surface area contributed by atoms with E-state index in [0.29, 0.717) is 0 Å². The zero-order valence-corrected chi connectivity index (χ0v) is 31.2. The Kier molecular flexibility index (Phi) is 7.20. The third kappa shape index (κ3) is 5.16. The summed E-state index contributed by atoms with van der Waals surface area (Å²) in [5.41, 5.74) is 15.9. The molecule has 3 heterocycles. The summed E-state index contributed by atoms with van der Waals surface area (Å²) < 4.78 is 19.4. The summed E-state index contributed by atoms with van der Waals surface area (Å²) in [5.74, 6) is 3.36. The first-order valence-corrected chi connectivity index (χ1v) is 19.6. The fraction of sp³-hybridized carbons (Fsp3) is 0. The molecule has 58 heavy (non-hydrogen) atoms. The standard InChI is InChI=1S/C54H33NO3/c1-2-12-40-39(11-1)42-13-3-7-17-49(42)57-54-30-27-38(33-48(40)54)55(36-24-21-34(22-25-36)35-23-29-53-47(31-35)45-16-6-10-20-52(45)58-53)37-26-28-41-43-14-4-8-18-50(43)56-51-19-9-5-15-44(51)46(41)32-37/h1-33H. The van der Waals surface area contributed by atoms with Crippen molar-refractivity contribution in [2.45, 2.75) is 0 Å². The number of furan rings is 1. The summed E-state index contributed by atoms with van der Waals surface area (Å²) in [4.78, 5) is 2.35. The van der Waals surface area contributed by atoms with E-state index in [2.05, 4.69) is 163 Å². The Hall–Kier alpha value is -7.82. The predicted octanol–water partition coefficient (Wildman–Crippen LogP) is 15.6. The normalized spacial score (nSPS) is 12.1. The molecule has 0 saturated heterocycles. The number of para-hydroxylation sites is 4. The molecule has 0 fully saturated rings. The minimum Gasteiger partial charge on any atom is -0.456 e. The highest BCUT2D eigenvalue weighted by atomic mass is 16.5. The number of ether oxygens (including phenoxy) is 2. The molecule has 0 aliphatic carbocycles. The van der Waals surface area contributed by atoms with Crippen LogP contribution in [0.15, 0.2) is 205 Å². The summed E-state index contributed by atoms with van der Waals surface area (Å²) in [6.07, 6.45) is 0. The summed E-state index contributed by atoms with van der Waals surface area (Å²) in [5, 5.41) is 2.24. The molecule has 0 spiro atoms.